The van der Waals surface area contributed by atoms with Crippen LogP contribution >= 0.6 is 0 Å². The second-order valence-corrected chi connectivity index (χ2v) is 5.01. The van der Waals surface area contributed by atoms with Gasteiger partial charge in [0.2, 0.25) is 5.82 Å². The summed E-state index contributed by atoms with van der Waals surface area (Å²) in [6.45, 7) is 2.40. The first-order valence-corrected chi connectivity index (χ1v) is 6.82. The van der Waals surface area contributed by atoms with E-state index in [0.29, 0.717) is 6.54 Å². The van der Waals surface area contributed by atoms with Gasteiger partial charge < -0.3 is 9.88 Å². The van der Waals surface area contributed by atoms with Gasteiger partial charge in [-0.2, -0.15) is 0 Å². The Kier molecular flexibility index (Phi) is 3.46. The Morgan fingerprint density at radius 1 is 1.32 bits per heavy atom. The minimum absolute atomic E-state index is 0.0440. The normalized spacial score (nSPS) is 10.8. The number of aromatic nitrogens is 3. The third kappa shape index (κ3) is 2.37. The molecule has 3 rings (SSSR count). The molecule has 1 aromatic carbocycles. The number of hydrogen-bond acceptors (Lipinski definition) is 5. The highest BCUT2D eigenvalue weighted by Crippen LogP contribution is 2.22. The molecule has 0 spiro atoms. The van der Waals surface area contributed by atoms with E-state index in [1.165, 1.54) is 12.3 Å². The topological polar surface area (TPSA) is 85.9 Å². The number of hydrogen-bond donors (Lipinski definition) is 1. The second-order valence-electron chi connectivity index (χ2n) is 5.01. The van der Waals surface area contributed by atoms with Gasteiger partial charge in [0, 0.05) is 19.3 Å². The molecule has 0 radical (unpaired) electrons. The van der Waals surface area contributed by atoms with Crippen LogP contribution in [-0.2, 0) is 13.6 Å². The molecule has 2 heterocycles. The number of nitrogens with one attached hydrogen (secondary N) is 1. The quantitative estimate of drug-likeness (QED) is 0.591. The molecule has 0 aliphatic carbocycles. The first-order chi connectivity index (χ1) is 10.6. The third-order valence-electron chi connectivity index (χ3n) is 3.59. The van der Waals surface area contributed by atoms with Crippen molar-refractivity contribution in [1.82, 2.24) is 14.5 Å². The standard InChI is InChI=1S/C15H15N5O2/c1-10-5-3-6-11-14(10)19(2)13(18-11)9-17-15-12(20(21)22)7-4-8-16-15/h3-8H,9H2,1-2H3,(H,16,17). The summed E-state index contributed by atoms with van der Waals surface area (Å²) < 4.78 is 1.99. The fourth-order valence-electron chi connectivity index (χ4n) is 2.51. The SMILES string of the molecule is Cc1cccc2nc(CNc3ncccc3[N+](=O)[O-])n(C)c12. The van der Waals surface area contributed by atoms with Gasteiger partial charge in [-0.1, -0.05) is 12.1 Å². The second kappa shape index (κ2) is 5.44. The van der Waals surface area contributed by atoms with E-state index in [-0.39, 0.29) is 11.5 Å². The van der Waals surface area contributed by atoms with Gasteiger partial charge >= 0.3 is 5.69 Å². The number of pyridine rings is 1. The fourth-order valence-corrected chi connectivity index (χ4v) is 2.51. The van der Waals surface area contributed by atoms with Crippen molar-refractivity contribution >= 4 is 22.5 Å². The van der Waals surface area contributed by atoms with Crippen LogP contribution in [0.15, 0.2) is 36.5 Å². The summed E-state index contributed by atoms with van der Waals surface area (Å²) in [4.78, 5) is 19.1. The van der Waals surface area contributed by atoms with Crippen LogP contribution in [0.1, 0.15) is 11.4 Å². The first-order valence-electron chi connectivity index (χ1n) is 6.82. The number of nitro groups is 1. The van der Waals surface area contributed by atoms with Gasteiger partial charge in [0.1, 0.15) is 5.82 Å². The predicted octanol–water partition coefficient (Wildman–Crippen LogP) is 2.80. The molecule has 1 N–H and O–H groups in total. The highest BCUT2D eigenvalue weighted by atomic mass is 16.6. The molecule has 0 unspecified atom stereocenters. The van der Waals surface area contributed by atoms with Gasteiger partial charge in [-0.15, -0.1) is 0 Å². The first kappa shape index (κ1) is 14.0. The van der Waals surface area contributed by atoms with Crippen molar-refractivity contribution in [2.45, 2.75) is 13.5 Å². The van der Waals surface area contributed by atoms with Gasteiger partial charge in [0.25, 0.3) is 0 Å². The lowest BCUT2D eigenvalue weighted by molar-refractivity contribution is -0.384. The van der Waals surface area contributed by atoms with Gasteiger partial charge in [-0.05, 0) is 24.6 Å². The van der Waals surface area contributed by atoms with E-state index in [0.717, 1.165) is 22.4 Å². The minimum Gasteiger partial charge on any atom is -0.357 e. The summed E-state index contributed by atoms with van der Waals surface area (Å²) in [7, 11) is 1.94. The van der Waals surface area contributed by atoms with Crippen molar-refractivity contribution in [3.05, 3.63) is 58.0 Å². The zero-order valence-electron chi connectivity index (χ0n) is 12.3. The maximum Gasteiger partial charge on any atom is 0.311 e. The highest BCUT2D eigenvalue weighted by molar-refractivity contribution is 5.79. The molecule has 0 saturated heterocycles. The molecule has 0 saturated carbocycles. The van der Waals surface area contributed by atoms with Crippen LogP contribution in [0.3, 0.4) is 0 Å². The summed E-state index contributed by atoms with van der Waals surface area (Å²) in [5, 5.41) is 14.0. The average molecular weight is 297 g/mol. The molecule has 3 aromatic rings. The van der Waals surface area contributed by atoms with E-state index in [4.69, 9.17) is 0 Å². The number of anilines is 1. The number of aryl methyl sites for hydroxylation is 2. The van der Waals surface area contributed by atoms with Gasteiger partial charge in [0.15, 0.2) is 0 Å². The monoisotopic (exact) mass is 297 g/mol. The summed E-state index contributed by atoms with van der Waals surface area (Å²) in [5.41, 5.74) is 3.07. The smallest absolute Gasteiger partial charge is 0.311 e. The van der Waals surface area contributed by atoms with E-state index in [1.807, 2.05) is 36.7 Å². The number of rotatable bonds is 4. The molecular formula is C15H15N5O2. The maximum atomic E-state index is 11.0. The summed E-state index contributed by atoms with van der Waals surface area (Å²) in [6.07, 6.45) is 1.52. The van der Waals surface area contributed by atoms with Gasteiger partial charge in [-0.3, -0.25) is 10.1 Å². The molecular weight excluding hydrogens is 282 g/mol. The molecule has 0 aliphatic rings. The Morgan fingerprint density at radius 3 is 2.86 bits per heavy atom. The zero-order valence-corrected chi connectivity index (χ0v) is 12.3. The van der Waals surface area contributed by atoms with Crippen molar-refractivity contribution in [1.29, 1.82) is 0 Å². The number of nitrogens with zero attached hydrogens (tertiary/aromatic N) is 4. The molecule has 0 fully saturated rings. The van der Waals surface area contributed by atoms with Crippen molar-refractivity contribution in [3.8, 4) is 0 Å². The van der Waals surface area contributed by atoms with E-state index in [1.54, 1.807) is 6.07 Å². The number of para-hydroxylation sites is 1. The Bertz CT molecular complexity index is 856. The minimum atomic E-state index is -0.450. The lowest BCUT2D eigenvalue weighted by Crippen LogP contribution is -2.08. The van der Waals surface area contributed by atoms with Crippen LogP contribution in [0.4, 0.5) is 11.5 Å². The number of benzene rings is 1. The largest absolute Gasteiger partial charge is 0.357 e. The fraction of sp³-hybridized carbons (Fsp3) is 0.200. The van der Waals surface area contributed by atoms with Crippen molar-refractivity contribution < 1.29 is 4.92 Å². The molecule has 0 atom stereocenters. The van der Waals surface area contributed by atoms with E-state index >= 15 is 0 Å². The summed E-state index contributed by atoms with van der Waals surface area (Å²) in [5.74, 6) is 1.04. The van der Waals surface area contributed by atoms with Gasteiger partial charge in [0.05, 0.1) is 22.5 Å². The van der Waals surface area contributed by atoms with Crippen molar-refractivity contribution in [2.24, 2.45) is 7.05 Å². The molecule has 0 amide bonds. The maximum absolute atomic E-state index is 11.0. The van der Waals surface area contributed by atoms with Crippen molar-refractivity contribution in [2.75, 3.05) is 5.32 Å². The Hall–Kier alpha value is -2.96. The lowest BCUT2D eigenvalue weighted by atomic mass is 10.2. The van der Waals surface area contributed by atoms with Crippen LogP contribution in [0.25, 0.3) is 11.0 Å². The van der Waals surface area contributed by atoms with Crippen LogP contribution in [-0.4, -0.2) is 19.5 Å². The lowest BCUT2D eigenvalue weighted by Gasteiger charge is -2.06. The van der Waals surface area contributed by atoms with Crippen LogP contribution in [0.5, 0.6) is 0 Å². The average Bonchev–Trinajstić information content (AvgIpc) is 2.83. The van der Waals surface area contributed by atoms with Crippen LogP contribution in [0, 0.1) is 17.0 Å². The van der Waals surface area contributed by atoms with E-state index < -0.39 is 4.92 Å². The van der Waals surface area contributed by atoms with Crippen LogP contribution in [0.2, 0.25) is 0 Å². The van der Waals surface area contributed by atoms with E-state index in [2.05, 4.69) is 15.3 Å². The summed E-state index contributed by atoms with van der Waals surface area (Å²) in [6, 6.07) is 8.92. The Morgan fingerprint density at radius 2 is 2.14 bits per heavy atom. The molecule has 7 heteroatoms. The highest BCUT2D eigenvalue weighted by Gasteiger charge is 2.15. The Balaban J connectivity index is 1.91. The van der Waals surface area contributed by atoms with Crippen molar-refractivity contribution in [3.63, 3.8) is 0 Å². The molecule has 0 bridgehead atoms. The molecule has 22 heavy (non-hydrogen) atoms. The third-order valence-corrected chi connectivity index (χ3v) is 3.59. The van der Waals surface area contributed by atoms with Gasteiger partial charge in [-0.25, -0.2) is 9.97 Å². The number of fused-ring (bicyclic) bond motifs is 1. The number of imidazole rings is 1. The predicted molar refractivity (Wildman–Crippen MR) is 83.7 cm³/mol. The molecule has 2 aromatic heterocycles. The van der Waals surface area contributed by atoms with E-state index in [9.17, 15) is 10.1 Å². The van der Waals surface area contributed by atoms with Crippen LogP contribution < -0.4 is 5.32 Å². The summed E-state index contributed by atoms with van der Waals surface area (Å²) >= 11 is 0. The molecule has 0 aliphatic heterocycles. The molecule has 112 valence electrons. The molecule has 7 nitrogen and oxygen atoms in total. The zero-order chi connectivity index (χ0) is 15.7. The Labute approximate surface area is 126 Å².